The fraction of sp³-hybridized carbons (Fsp3) is 0.214. The van der Waals surface area contributed by atoms with Crippen LogP contribution in [0.25, 0.3) is 21.9 Å². The number of aromatic nitrogens is 4. The third-order valence-corrected chi connectivity index (χ3v) is 7.18. The van der Waals surface area contributed by atoms with E-state index in [4.69, 9.17) is 5.10 Å². The summed E-state index contributed by atoms with van der Waals surface area (Å²) in [4.78, 5) is 31.6. The smallest absolute Gasteiger partial charge is 0.268 e. The highest BCUT2D eigenvalue weighted by atomic mass is 32.1. The van der Waals surface area contributed by atoms with E-state index < -0.39 is 0 Å². The minimum Gasteiger partial charge on any atom is -0.352 e. The maximum atomic E-state index is 13.7. The van der Waals surface area contributed by atoms with Gasteiger partial charge in [-0.05, 0) is 55.7 Å². The molecule has 0 aliphatic rings. The molecule has 0 aliphatic heterocycles. The zero-order chi connectivity index (χ0) is 26.1. The predicted molar refractivity (Wildman–Crippen MR) is 143 cm³/mol. The van der Waals surface area contributed by atoms with Crippen molar-refractivity contribution in [2.24, 2.45) is 0 Å². The second-order valence-corrected chi connectivity index (χ2v) is 9.70. The van der Waals surface area contributed by atoms with Gasteiger partial charge in [0, 0.05) is 23.3 Å². The molecule has 0 fully saturated rings. The molecule has 0 bridgehead atoms. The van der Waals surface area contributed by atoms with Crippen molar-refractivity contribution in [3.05, 3.63) is 104 Å². The summed E-state index contributed by atoms with van der Waals surface area (Å²) < 4.78 is 16.5. The van der Waals surface area contributed by atoms with E-state index in [9.17, 15) is 14.0 Å². The van der Waals surface area contributed by atoms with Gasteiger partial charge in [-0.15, -0.1) is 11.3 Å². The Labute approximate surface area is 217 Å². The number of carbonyl (C=O) groups is 1. The SMILES string of the molecule is CCc1ccccc1-n1nc(-c2c(C)nc3scc(CC(=O)NCc4ccc(F)cc4)n3c2=O)cc1C. The van der Waals surface area contributed by atoms with E-state index >= 15 is 0 Å². The van der Waals surface area contributed by atoms with Gasteiger partial charge in [0.15, 0.2) is 4.96 Å². The molecule has 5 aromatic rings. The van der Waals surface area contributed by atoms with Crippen molar-refractivity contribution in [1.82, 2.24) is 24.5 Å². The van der Waals surface area contributed by atoms with Crippen LogP contribution in [0.15, 0.2) is 64.8 Å². The lowest BCUT2D eigenvalue weighted by molar-refractivity contribution is -0.120. The van der Waals surface area contributed by atoms with Gasteiger partial charge in [0.25, 0.3) is 5.56 Å². The molecular weight excluding hydrogens is 489 g/mol. The average Bonchev–Trinajstić information content (AvgIpc) is 3.46. The standard InChI is InChI=1S/C28H26FN5O2S/c1-4-20-7-5-6-8-24(20)34-17(2)13-23(32-34)26-18(3)31-28-33(27(26)36)22(16-37-28)14-25(35)30-15-19-9-11-21(29)12-10-19/h5-13,16H,4,14-15H2,1-3H3,(H,30,35). The first-order chi connectivity index (χ1) is 17.9. The van der Waals surface area contributed by atoms with Gasteiger partial charge in [0.1, 0.15) is 11.5 Å². The minimum absolute atomic E-state index is 0.0165. The molecule has 1 N–H and O–H groups in total. The predicted octanol–water partition coefficient (Wildman–Crippen LogP) is 4.79. The van der Waals surface area contributed by atoms with Crippen LogP contribution >= 0.6 is 11.3 Å². The minimum atomic E-state index is -0.326. The summed E-state index contributed by atoms with van der Waals surface area (Å²) in [7, 11) is 0. The third-order valence-electron chi connectivity index (χ3n) is 6.31. The second kappa shape index (κ2) is 10.1. The molecule has 9 heteroatoms. The van der Waals surface area contributed by atoms with Crippen LogP contribution in [-0.4, -0.2) is 25.1 Å². The Kier molecular flexibility index (Phi) is 6.71. The van der Waals surface area contributed by atoms with E-state index in [0.717, 1.165) is 28.9 Å². The molecular formula is C28H26FN5O2S. The van der Waals surface area contributed by atoms with Gasteiger partial charge in [0.05, 0.1) is 23.4 Å². The van der Waals surface area contributed by atoms with Gasteiger partial charge in [-0.2, -0.15) is 5.10 Å². The number of thiazole rings is 1. The number of halogens is 1. The lowest BCUT2D eigenvalue weighted by atomic mass is 10.1. The number of hydrogen-bond acceptors (Lipinski definition) is 5. The molecule has 0 unspecified atom stereocenters. The number of hydrogen-bond donors (Lipinski definition) is 1. The number of rotatable bonds is 7. The van der Waals surface area contributed by atoms with Gasteiger partial charge in [0.2, 0.25) is 5.91 Å². The molecule has 37 heavy (non-hydrogen) atoms. The number of aryl methyl sites for hydroxylation is 3. The molecule has 1 amide bonds. The van der Waals surface area contributed by atoms with Crippen LogP contribution < -0.4 is 10.9 Å². The van der Waals surface area contributed by atoms with Crippen molar-refractivity contribution < 1.29 is 9.18 Å². The van der Waals surface area contributed by atoms with Crippen LogP contribution in [-0.2, 0) is 24.2 Å². The molecule has 0 radical (unpaired) electrons. The summed E-state index contributed by atoms with van der Waals surface area (Å²) in [5.74, 6) is -0.568. The first kappa shape index (κ1) is 24.6. The summed E-state index contributed by atoms with van der Waals surface area (Å²) in [6.07, 6.45) is 0.879. The molecule has 0 saturated heterocycles. The quantitative estimate of drug-likeness (QED) is 0.338. The number of amides is 1. The van der Waals surface area contributed by atoms with Crippen molar-refractivity contribution >= 4 is 22.2 Å². The molecule has 2 aromatic carbocycles. The molecule has 3 aromatic heterocycles. The van der Waals surface area contributed by atoms with Gasteiger partial charge < -0.3 is 5.32 Å². The highest BCUT2D eigenvalue weighted by Crippen LogP contribution is 2.25. The van der Waals surface area contributed by atoms with Crippen molar-refractivity contribution in [1.29, 1.82) is 0 Å². The van der Waals surface area contributed by atoms with Crippen molar-refractivity contribution in [3.8, 4) is 16.9 Å². The van der Waals surface area contributed by atoms with Gasteiger partial charge in [-0.1, -0.05) is 37.3 Å². The normalized spacial score (nSPS) is 11.2. The summed E-state index contributed by atoms with van der Waals surface area (Å²) >= 11 is 1.32. The molecule has 5 rings (SSSR count). The lowest BCUT2D eigenvalue weighted by Crippen LogP contribution is -2.27. The van der Waals surface area contributed by atoms with E-state index in [1.165, 1.54) is 27.9 Å². The molecule has 0 spiro atoms. The molecule has 0 saturated carbocycles. The van der Waals surface area contributed by atoms with E-state index in [2.05, 4.69) is 23.3 Å². The highest BCUT2D eigenvalue weighted by Gasteiger charge is 2.20. The fourth-order valence-electron chi connectivity index (χ4n) is 4.41. The van der Waals surface area contributed by atoms with Crippen molar-refractivity contribution in [2.75, 3.05) is 0 Å². The van der Waals surface area contributed by atoms with Crippen LogP contribution in [0.5, 0.6) is 0 Å². The summed E-state index contributed by atoms with van der Waals surface area (Å²) in [6.45, 7) is 6.14. The van der Waals surface area contributed by atoms with Gasteiger partial charge >= 0.3 is 0 Å². The Bertz CT molecular complexity index is 1670. The van der Waals surface area contributed by atoms with Crippen LogP contribution in [0.4, 0.5) is 4.39 Å². The van der Waals surface area contributed by atoms with E-state index in [-0.39, 0.29) is 30.2 Å². The number of para-hydroxylation sites is 1. The molecule has 0 atom stereocenters. The largest absolute Gasteiger partial charge is 0.352 e. The first-order valence-corrected chi connectivity index (χ1v) is 12.9. The Morgan fingerprint density at radius 1 is 1.11 bits per heavy atom. The summed E-state index contributed by atoms with van der Waals surface area (Å²) in [5.41, 5.74) is 5.70. The number of carbonyl (C=O) groups excluding carboxylic acids is 1. The van der Waals surface area contributed by atoms with Crippen LogP contribution in [0.3, 0.4) is 0 Å². The maximum Gasteiger partial charge on any atom is 0.268 e. The second-order valence-electron chi connectivity index (χ2n) is 8.87. The van der Waals surface area contributed by atoms with Crippen LogP contribution in [0, 0.1) is 19.7 Å². The Morgan fingerprint density at radius 3 is 2.62 bits per heavy atom. The zero-order valence-electron chi connectivity index (χ0n) is 20.8. The third kappa shape index (κ3) is 4.82. The fourth-order valence-corrected chi connectivity index (χ4v) is 5.34. The van der Waals surface area contributed by atoms with Crippen LogP contribution in [0.2, 0.25) is 0 Å². The number of fused-ring (bicyclic) bond motifs is 1. The van der Waals surface area contributed by atoms with Crippen molar-refractivity contribution in [3.63, 3.8) is 0 Å². The van der Waals surface area contributed by atoms with Gasteiger partial charge in [-0.3, -0.25) is 14.0 Å². The average molecular weight is 516 g/mol. The topological polar surface area (TPSA) is 81.3 Å². The molecule has 3 heterocycles. The van der Waals surface area contributed by atoms with E-state index in [1.807, 2.05) is 35.9 Å². The number of nitrogens with one attached hydrogen (secondary N) is 1. The number of nitrogens with zero attached hydrogens (tertiary/aromatic N) is 4. The van der Waals surface area contributed by atoms with Gasteiger partial charge in [-0.25, -0.2) is 14.1 Å². The van der Waals surface area contributed by atoms with E-state index in [0.29, 0.717) is 27.6 Å². The molecule has 7 nitrogen and oxygen atoms in total. The summed E-state index contributed by atoms with van der Waals surface area (Å²) in [6, 6.07) is 15.9. The Hall–Kier alpha value is -4.11. The monoisotopic (exact) mass is 515 g/mol. The molecule has 0 aliphatic carbocycles. The lowest BCUT2D eigenvalue weighted by Gasteiger charge is -2.09. The number of benzene rings is 2. The van der Waals surface area contributed by atoms with E-state index in [1.54, 1.807) is 24.4 Å². The Balaban J connectivity index is 1.47. The molecule has 188 valence electrons. The maximum absolute atomic E-state index is 13.7. The van der Waals surface area contributed by atoms with Crippen LogP contribution in [0.1, 0.15) is 35.1 Å². The zero-order valence-corrected chi connectivity index (χ0v) is 21.6. The Morgan fingerprint density at radius 2 is 1.86 bits per heavy atom. The summed E-state index contributed by atoms with van der Waals surface area (Å²) in [5, 5.41) is 9.41. The van der Waals surface area contributed by atoms with Crippen molar-refractivity contribution in [2.45, 2.75) is 40.2 Å². The first-order valence-electron chi connectivity index (χ1n) is 12.0. The highest BCUT2D eigenvalue weighted by molar-refractivity contribution is 7.15.